The van der Waals surface area contributed by atoms with Crippen molar-refractivity contribution in [2.45, 2.75) is 122 Å². The van der Waals surface area contributed by atoms with E-state index in [0.717, 1.165) is 19.3 Å². The van der Waals surface area contributed by atoms with Gasteiger partial charge in [-0.25, -0.2) is 4.79 Å². The first-order valence-corrected chi connectivity index (χ1v) is 11.0. The van der Waals surface area contributed by atoms with Gasteiger partial charge in [0.25, 0.3) is 0 Å². The summed E-state index contributed by atoms with van der Waals surface area (Å²) >= 11 is 0. The van der Waals surface area contributed by atoms with Crippen LogP contribution in [0, 0.1) is 0 Å². The molecule has 4 heteroatoms. The molecule has 0 saturated carbocycles. The van der Waals surface area contributed by atoms with Gasteiger partial charge in [-0.05, 0) is 6.42 Å². The first kappa shape index (κ1) is 24.9. The van der Waals surface area contributed by atoms with Crippen molar-refractivity contribution >= 4 is 11.9 Å². The second-order valence-electron chi connectivity index (χ2n) is 7.46. The molecule has 0 rings (SSSR count). The van der Waals surface area contributed by atoms with Crippen LogP contribution in [0.1, 0.15) is 122 Å². The highest BCUT2D eigenvalue weighted by Gasteiger charge is 2.05. The summed E-state index contributed by atoms with van der Waals surface area (Å²) in [6.07, 6.45) is 22.6. The van der Waals surface area contributed by atoms with Gasteiger partial charge in [-0.15, -0.1) is 0 Å². The lowest BCUT2D eigenvalue weighted by Gasteiger charge is -2.04. The SMILES string of the molecule is CCCCCCCCCCCCCCCCCCCC(=O)OCC(=O)O. The van der Waals surface area contributed by atoms with E-state index in [1.165, 1.54) is 89.9 Å². The Morgan fingerprint density at radius 3 is 1.31 bits per heavy atom. The molecule has 0 saturated heterocycles. The molecule has 0 radical (unpaired) electrons. The molecule has 0 heterocycles. The molecule has 0 unspecified atom stereocenters. The number of carbonyl (C=O) groups excluding carboxylic acids is 1. The quantitative estimate of drug-likeness (QED) is 0.192. The molecule has 154 valence electrons. The molecular weight excluding hydrogens is 328 g/mol. The highest BCUT2D eigenvalue weighted by Crippen LogP contribution is 2.14. The number of esters is 1. The van der Waals surface area contributed by atoms with Crippen molar-refractivity contribution in [1.82, 2.24) is 0 Å². The highest BCUT2D eigenvalue weighted by atomic mass is 16.5. The molecule has 26 heavy (non-hydrogen) atoms. The molecule has 0 aromatic rings. The van der Waals surface area contributed by atoms with Crippen molar-refractivity contribution in [3.8, 4) is 0 Å². The summed E-state index contributed by atoms with van der Waals surface area (Å²) in [4.78, 5) is 21.5. The van der Waals surface area contributed by atoms with E-state index in [0.29, 0.717) is 6.42 Å². The van der Waals surface area contributed by atoms with E-state index in [9.17, 15) is 9.59 Å². The van der Waals surface area contributed by atoms with E-state index in [-0.39, 0.29) is 0 Å². The number of ether oxygens (including phenoxy) is 1. The van der Waals surface area contributed by atoms with Crippen LogP contribution in [0.3, 0.4) is 0 Å². The van der Waals surface area contributed by atoms with Crippen LogP contribution in [0.5, 0.6) is 0 Å². The molecule has 0 aliphatic heterocycles. The van der Waals surface area contributed by atoms with Crippen molar-refractivity contribution in [3.63, 3.8) is 0 Å². The molecule has 0 spiro atoms. The smallest absolute Gasteiger partial charge is 0.341 e. The number of hydrogen-bond donors (Lipinski definition) is 1. The van der Waals surface area contributed by atoms with Crippen LogP contribution in [0.2, 0.25) is 0 Å². The molecule has 0 amide bonds. The third-order valence-electron chi connectivity index (χ3n) is 4.84. The van der Waals surface area contributed by atoms with Gasteiger partial charge in [0.15, 0.2) is 6.61 Å². The second-order valence-corrected chi connectivity index (χ2v) is 7.46. The van der Waals surface area contributed by atoms with Gasteiger partial charge in [-0.1, -0.05) is 110 Å². The fourth-order valence-electron chi connectivity index (χ4n) is 3.21. The van der Waals surface area contributed by atoms with E-state index >= 15 is 0 Å². The van der Waals surface area contributed by atoms with Gasteiger partial charge in [-0.2, -0.15) is 0 Å². The molecule has 0 aromatic heterocycles. The molecule has 4 nitrogen and oxygen atoms in total. The third-order valence-corrected chi connectivity index (χ3v) is 4.84. The zero-order valence-corrected chi connectivity index (χ0v) is 17.1. The van der Waals surface area contributed by atoms with E-state index < -0.39 is 18.5 Å². The zero-order valence-electron chi connectivity index (χ0n) is 17.1. The maximum absolute atomic E-state index is 11.2. The summed E-state index contributed by atoms with van der Waals surface area (Å²) in [6, 6.07) is 0. The molecule has 0 atom stereocenters. The number of carbonyl (C=O) groups is 2. The molecule has 0 aliphatic rings. The van der Waals surface area contributed by atoms with Crippen molar-refractivity contribution < 1.29 is 19.4 Å². The van der Waals surface area contributed by atoms with Gasteiger partial charge in [0.05, 0.1) is 0 Å². The fourth-order valence-corrected chi connectivity index (χ4v) is 3.21. The van der Waals surface area contributed by atoms with Crippen LogP contribution in [-0.4, -0.2) is 23.7 Å². The molecule has 0 aromatic carbocycles. The minimum absolute atomic E-state index is 0.339. The summed E-state index contributed by atoms with van der Waals surface area (Å²) in [5.41, 5.74) is 0. The van der Waals surface area contributed by atoms with Crippen molar-refractivity contribution in [2.75, 3.05) is 6.61 Å². The lowest BCUT2D eigenvalue weighted by Crippen LogP contribution is -2.12. The van der Waals surface area contributed by atoms with Gasteiger partial charge >= 0.3 is 11.9 Å². The summed E-state index contributed by atoms with van der Waals surface area (Å²) in [5.74, 6) is -1.49. The topological polar surface area (TPSA) is 63.6 Å². The standard InChI is InChI=1S/C22H42O4/c1-2-3-4-5-6-7-8-9-10-11-12-13-14-15-16-17-18-19-22(25)26-20-21(23)24/h2-20H2,1H3,(H,23,24). The molecule has 0 fully saturated rings. The van der Waals surface area contributed by atoms with Crippen LogP contribution in [0.25, 0.3) is 0 Å². The van der Waals surface area contributed by atoms with Gasteiger partial charge in [-0.3, -0.25) is 4.79 Å². The van der Waals surface area contributed by atoms with Gasteiger partial charge in [0.2, 0.25) is 0 Å². The van der Waals surface area contributed by atoms with Gasteiger partial charge in [0.1, 0.15) is 0 Å². The van der Waals surface area contributed by atoms with Crippen molar-refractivity contribution in [2.24, 2.45) is 0 Å². The maximum atomic E-state index is 11.2. The lowest BCUT2D eigenvalue weighted by atomic mass is 10.0. The average molecular weight is 371 g/mol. The Balaban J connectivity index is 3.09. The average Bonchev–Trinajstić information content (AvgIpc) is 2.62. The number of hydrogen-bond acceptors (Lipinski definition) is 3. The van der Waals surface area contributed by atoms with Crippen LogP contribution in [0.15, 0.2) is 0 Å². The Bertz CT molecular complexity index is 328. The van der Waals surface area contributed by atoms with E-state index in [1.807, 2.05) is 0 Å². The van der Waals surface area contributed by atoms with Gasteiger partial charge in [0, 0.05) is 6.42 Å². The number of carboxylic acid groups (broad SMARTS) is 1. The Kier molecular flexibility index (Phi) is 19.4. The summed E-state index contributed by atoms with van der Waals surface area (Å²) < 4.78 is 4.59. The predicted octanol–water partition coefficient (Wildman–Crippen LogP) is 6.66. The van der Waals surface area contributed by atoms with Crippen LogP contribution < -0.4 is 0 Å². The maximum Gasteiger partial charge on any atom is 0.341 e. The third kappa shape index (κ3) is 21.0. The van der Waals surface area contributed by atoms with Crippen molar-refractivity contribution in [1.29, 1.82) is 0 Å². The van der Waals surface area contributed by atoms with Gasteiger partial charge < -0.3 is 9.84 Å². The minimum Gasteiger partial charge on any atom is -0.479 e. The second kappa shape index (κ2) is 20.3. The molecule has 0 aliphatic carbocycles. The zero-order chi connectivity index (χ0) is 19.3. The molecule has 1 N–H and O–H groups in total. The number of unbranched alkanes of at least 4 members (excludes halogenated alkanes) is 16. The summed E-state index contributed by atoms with van der Waals surface area (Å²) in [6.45, 7) is 1.75. The van der Waals surface area contributed by atoms with Crippen LogP contribution in [0.4, 0.5) is 0 Å². The first-order chi connectivity index (χ1) is 12.7. The molecule has 0 bridgehead atoms. The van der Waals surface area contributed by atoms with Crippen LogP contribution in [-0.2, 0) is 14.3 Å². The monoisotopic (exact) mass is 370 g/mol. The van der Waals surface area contributed by atoms with Crippen LogP contribution >= 0.6 is 0 Å². The van der Waals surface area contributed by atoms with Crippen molar-refractivity contribution in [3.05, 3.63) is 0 Å². The summed E-state index contributed by atoms with van der Waals surface area (Å²) in [7, 11) is 0. The normalized spacial score (nSPS) is 10.8. The first-order valence-electron chi connectivity index (χ1n) is 11.0. The number of carboxylic acids is 1. The summed E-state index contributed by atoms with van der Waals surface area (Å²) in [5, 5.41) is 8.41. The Morgan fingerprint density at radius 2 is 0.962 bits per heavy atom. The number of aliphatic carboxylic acids is 1. The number of rotatable bonds is 20. The van der Waals surface area contributed by atoms with E-state index in [1.54, 1.807) is 0 Å². The van der Waals surface area contributed by atoms with E-state index in [2.05, 4.69) is 11.7 Å². The highest BCUT2D eigenvalue weighted by molar-refractivity contribution is 5.75. The Morgan fingerprint density at radius 1 is 0.615 bits per heavy atom. The Labute approximate surface area is 161 Å². The predicted molar refractivity (Wildman–Crippen MR) is 107 cm³/mol. The largest absolute Gasteiger partial charge is 0.479 e. The Hall–Kier alpha value is -1.06. The fraction of sp³-hybridized carbons (Fsp3) is 0.909. The molecular formula is C22H42O4. The van der Waals surface area contributed by atoms with E-state index in [4.69, 9.17) is 5.11 Å². The lowest BCUT2D eigenvalue weighted by molar-refractivity contribution is -0.155. The minimum atomic E-state index is -1.10.